The van der Waals surface area contributed by atoms with E-state index < -0.39 is 23.4 Å². The Kier molecular flexibility index (Phi) is 9.64. The first-order valence-corrected chi connectivity index (χ1v) is 12.0. The fraction of sp³-hybridized carbons (Fsp3) is 0.680. The van der Waals surface area contributed by atoms with Crippen LogP contribution in [-0.2, 0) is 15.7 Å². The number of hydrogen-bond donors (Lipinski definition) is 1. The SMILES string of the molecule is CC(C)(C)OC(=O)NC1CCC(C(=O)N2CCN(c3cccc(C(F)(F)F)c3)CC2)C1.CCC. The third kappa shape index (κ3) is 8.40. The fourth-order valence-corrected chi connectivity index (χ4v) is 4.13. The quantitative estimate of drug-likeness (QED) is 0.617. The van der Waals surface area contributed by atoms with Crippen LogP contribution in [0.5, 0.6) is 0 Å². The molecular weight excluding hydrogens is 447 g/mol. The Hall–Kier alpha value is -2.45. The second-order valence-electron chi connectivity index (χ2n) is 9.92. The van der Waals surface area contributed by atoms with E-state index >= 15 is 0 Å². The summed E-state index contributed by atoms with van der Waals surface area (Å²) in [6, 6.07) is 5.20. The van der Waals surface area contributed by atoms with E-state index in [1.54, 1.807) is 31.7 Å². The van der Waals surface area contributed by atoms with Crippen molar-refractivity contribution in [1.29, 1.82) is 0 Å². The number of benzene rings is 1. The summed E-state index contributed by atoms with van der Waals surface area (Å²) in [7, 11) is 0. The smallest absolute Gasteiger partial charge is 0.416 e. The van der Waals surface area contributed by atoms with Crippen LogP contribution in [-0.4, -0.2) is 54.7 Å². The van der Waals surface area contributed by atoms with Gasteiger partial charge in [-0.05, 0) is 58.2 Å². The van der Waals surface area contributed by atoms with Gasteiger partial charge in [-0.3, -0.25) is 4.79 Å². The summed E-state index contributed by atoms with van der Waals surface area (Å²) in [6.07, 6.45) is -1.60. The zero-order chi connectivity index (χ0) is 25.5. The lowest BCUT2D eigenvalue weighted by Gasteiger charge is -2.37. The predicted octanol–water partition coefficient (Wildman–Crippen LogP) is 5.46. The van der Waals surface area contributed by atoms with Crippen molar-refractivity contribution in [3.05, 3.63) is 29.8 Å². The summed E-state index contributed by atoms with van der Waals surface area (Å²) in [5, 5.41) is 2.84. The second-order valence-corrected chi connectivity index (χ2v) is 9.92. The van der Waals surface area contributed by atoms with Crippen molar-refractivity contribution in [2.45, 2.75) is 78.1 Å². The van der Waals surface area contributed by atoms with Gasteiger partial charge in [0.25, 0.3) is 0 Å². The lowest BCUT2D eigenvalue weighted by Crippen LogP contribution is -2.50. The van der Waals surface area contributed by atoms with Gasteiger partial charge in [0.2, 0.25) is 5.91 Å². The summed E-state index contributed by atoms with van der Waals surface area (Å²) in [6.45, 7) is 11.6. The molecule has 0 aromatic heterocycles. The highest BCUT2D eigenvalue weighted by Crippen LogP contribution is 2.32. The Morgan fingerprint density at radius 3 is 2.24 bits per heavy atom. The number of piperazine rings is 1. The number of halogens is 3. The summed E-state index contributed by atoms with van der Waals surface area (Å²) in [5.74, 6) is -0.0998. The molecule has 0 radical (unpaired) electrons. The number of amides is 2. The van der Waals surface area contributed by atoms with E-state index in [9.17, 15) is 22.8 Å². The maximum Gasteiger partial charge on any atom is 0.416 e. The van der Waals surface area contributed by atoms with Gasteiger partial charge in [-0.2, -0.15) is 13.2 Å². The number of alkyl carbamates (subject to hydrolysis) is 1. The molecule has 9 heteroatoms. The molecule has 1 aliphatic heterocycles. The number of carbonyl (C=O) groups is 2. The van der Waals surface area contributed by atoms with E-state index in [1.807, 2.05) is 4.90 Å². The van der Waals surface area contributed by atoms with Crippen LogP contribution in [0.3, 0.4) is 0 Å². The number of nitrogens with one attached hydrogen (secondary N) is 1. The highest BCUT2D eigenvalue weighted by Gasteiger charge is 2.35. The van der Waals surface area contributed by atoms with Gasteiger partial charge >= 0.3 is 12.3 Å². The van der Waals surface area contributed by atoms with Crippen molar-refractivity contribution in [1.82, 2.24) is 10.2 Å². The summed E-state index contributed by atoms with van der Waals surface area (Å²) >= 11 is 0. The molecular formula is C25H38F3N3O3. The van der Waals surface area contributed by atoms with Crippen LogP contribution >= 0.6 is 0 Å². The Morgan fingerprint density at radius 2 is 1.68 bits per heavy atom. The molecule has 2 unspecified atom stereocenters. The molecule has 0 bridgehead atoms. The van der Waals surface area contributed by atoms with Crippen LogP contribution in [0.15, 0.2) is 24.3 Å². The van der Waals surface area contributed by atoms with Crippen LogP contribution in [0.25, 0.3) is 0 Å². The average Bonchev–Trinajstić information content (AvgIpc) is 3.20. The van der Waals surface area contributed by atoms with Gasteiger partial charge in [0.05, 0.1) is 5.56 Å². The van der Waals surface area contributed by atoms with Gasteiger partial charge in [-0.25, -0.2) is 4.79 Å². The topological polar surface area (TPSA) is 61.9 Å². The van der Waals surface area contributed by atoms with E-state index in [0.717, 1.165) is 18.6 Å². The number of nitrogens with zero attached hydrogens (tertiary/aromatic N) is 2. The first-order valence-electron chi connectivity index (χ1n) is 12.0. The number of ether oxygens (including phenoxy) is 1. The number of rotatable bonds is 3. The van der Waals surface area contributed by atoms with Crippen LogP contribution in [0, 0.1) is 5.92 Å². The van der Waals surface area contributed by atoms with E-state index in [4.69, 9.17) is 4.74 Å². The number of alkyl halides is 3. The number of carbonyl (C=O) groups excluding carboxylic acids is 2. The summed E-state index contributed by atoms with van der Waals surface area (Å²) in [5.41, 5.74) is -0.723. The Morgan fingerprint density at radius 1 is 1.06 bits per heavy atom. The Bertz CT molecular complexity index is 816. The maximum absolute atomic E-state index is 13.0. The molecule has 1 aromatic rings. The predicted molar refractivity (Wildman–Crippen MR) is 127 cm³/mol. The molecule has 1 saturated heterocycles. The van der Waals surface area contributed by atoms with Crippen molar-refractivity contribution in [3.8, 4) is 0 Å². The molecule has 1 N–H and O–H groups in total. The molecule has 1 aliphatic carbocycles. The van der Waals surface area contributed by atoms with E-state index in [2.05, 4.69) is 19.2 Å². The molecule has 0 spiro atoms. The third-order valence-electron chi connectivity index (χ3n) is 5.63. The zero-order valence-corrected chi connectivity index (χ0v) is 20.9. The molecule has 192 valence electrons. The molecule has 2 atom stereocenters. The zero-order valence-electron chi connectivity index (χ0n) is 20.9. The Balaban J connectivity index is 0.00000129. The lowest BCUT2D eigenvalue weighted by atomic mass is 10.1. The summed E-state index contributed by atoms with van der Waals surface area (Å²) < 4.78 is 44.2. The average molecular weight is 486 g/mol. The van der Waals surface area contributed by atoms with Crippen molar-refractivity contribution in [3.63, 3.8) is 0 Å². The molecule has 2 fully saturated rings. The van der Waals surface area contributed by atoms with Gasteiger partial charge in [-0.1, -0.05) is 26.3 Å². The third-order valence-corrected chi connectivity index (χ3v) is 5.63. The largest absolute Gasteiger partial charge is 0.444 e. The van der Waals surface area contributed by atoms with Gasteiger partial charge in [-0.15, -0.1) is 0 Å². The van der Waals surface area contributed by atoms with Gasteiger partial charge in [0.1, 0.15) is 5.60 Å². The minimum atomic E-state index is -4.37. The molecule has 3 rings (SSSR count). The molecule has 1 heterocycles. The maximum atomic E-state index is 13.0. The van der Waals surface area contributed by atoms with Crippen LogP contribution in [0.1, 0.15) is 65.9 Å². The van der Waals surface area contributed by atoms with Crippen LogP contribution in [0.4, 0.5) is 23.7 Å². The van der Waals surface area contributed by atoms with Gasteiger partial charge in [0, 0.05) is 43.8 Å². The van der Waals surface area contributed by atoms with Crippen molar-refractivity contribution >= 4 is 17.7 Å². The van der Waals surface area contributed by atoms with Crippen molar-refractivity contribution in [2.75, 3.05) is 31.1 Å². The molecule has 34 heavy (non-hydrogen) atoms. The summed E-state index contributed by atoms with van der Waals surface area (Å²) in [4.78, 5) is 28.5. The van der Waals surface area contributed by atoms with E-state index in [0.29, 0.717) is 44.7 Å². The molecule has 1 aromatic carbocycles. The Labute approximate surface area is 200 Å². The number of hydrogen-bond acceptors (Lipinski definition) is 4. The standard InChI is InChI=1S/C22H30F3N3O3.C3H8/c1-21(2,3)31-20(30)26-17-8-7-15(13-17)19(29)28-11-9-27(10-12-28)18-6-4-5-16(14-18)22(23,24)25;1-3-2/h4-6,14-15,17H,7-13H2,1-3H3,(H,26,30);3H2,1-2H3. The van der Waals surface area contributed by atoms with E-state index in [1.165, 1.54) is 12.5 Å². The van der Waals surface area contributed by atoms with Gasteiger partial charge < -0.3 is 19.9 Å². The molecule has 2 aliphatic rings. The first kappa shape index (κ1) is 27.8. The van der Waals surface area contributed by atoms with Crippen LogP contribution in [0.2, 0.25) is 0 Å². The first-order chi connectivity index (χ1) is 15.8. The van der Waals surface area contributed by atoms with Crippen LogP contribution < -0.4 is 10.2 Å². The highest BCUT2D eigenvalue weighted by molar-refractivity contribution is 5.80. The molecule has 6 nitrogen and oxygen atoms in total. The van der Waals surface area contributed by atoms with E-state index in [-0.39, 0.29) is 17.9 Å². The normalized spacial score (nSPS) is 20.9. The lowest BCUT2D eigenvalue weighted by molar-refractivity contribution is -0.137. The highest BCUT2D eigenvalue weighted by atomic mass is 19.4. The number of anilines is 1. The van der Waals surface area contributed by atoms with Gasteiger partial charge in [0.15, 0.2) is 0 Å². The van der Waals surface area contributed by atoms with Crippen molar-refractivity contribution in [2.24, 2.45) is 5.92 Å². The molecule has 1 saturated carbocycles. The minimum absolute atomic E-state index is 0.0529. The molecule has 2 amide bonds. The minimum Gasteiger partial charge on any atom is -0.444 e. The van der Waals surface area contributed by atoms with Crippen molar-refractivity contribution < 1.29 is 27.5 Å². The monoisotopic (exact) mass is 485 g/mol. The second kappa shape index (κ2) is 11.8. The fourth-order valence-electron chi connectivity index (χ4n) is 4.13.